The average molecular weight is 354 g/mol. The van der Waals surface area contributed by atoms with E-state index in [2.05, 4.69) is 21.2 Å². The van der Waals surface area contributed by atoms with Gasteiger partial charge in [-0.25, -0.2) is 0 Å². The van der Waals surface area contributed by atoms with Gasteiger partial charge in [0.05, 0.1) is 12.1 Å². The van der Waals surface area contributed by atoms with E-state index < -0.39 is 0 Å². The largest absolute Gasteiger partial charge is 0.398 e. The molecule has 0 bridgehead atoms. The number of carbonyl (C=O) groups excluding carboxylic acids is 1. The van der Waals surface area contributed by atoms with Crippen molar-refractivity contribution in [3.8, 4) is 0 Å². The summed E-state index contributed by atoms with van der Waals surface area (Å²) >= 11 is 9.45. The highest BCUT2D eigenvalue weighted by molar-refractivity contribution is 9.10. The van der Waals surface area contributed by atoms with Crippen molar-refractivity contribution in [3.63, 3.8) is 0 Å². The lowest BCUT2D eigenvalue weighted by molar-refractivity contribution is -0.115. The smallest absolute Gasteiger partial charge is 0.228 e. The Morgan fingerprint density at radius 3 is 2.75 bits per heavy atom. The number of anilines is 2. The van der Waals surface area contributed by atoms with Gasteiger partial charge >= 0.3 is 0 Å². The van der Waals surface area contributed by atoms with Gasteiger partial charge < -0.3 is 11.1 Å². The second-order valence-electron chi connectivity index (χ2n) is 4.51. The first kappa shape index (κ1) is 14.9. The number of nitrogens with one attached hydrogen (secondary N) is 1. The number of amides is 1. The molecule has 1 amide bonds. The highest BCUT2D eigenvalue weighted by atomic mass is 79.9. The normalized spacial score (nSPS) is 10.3. The second kappa shape index (κ2) is 6.29. The van der Waals surface area contributed by atoms with E-state index in [-0.39, 0.29) is 12.3 Å². The third-order valence-electron chi connectivity index (χ3n) is 2.94. The van der Waals surface area contributed by atoms with Gasteiger partial charge in [-0.2, -0.15) is 0 Å². The minimum atomic E-state index is -0.137. The lowest BCUT2D eigenvalue weighted by atomic mass is 10.1. The molecule has 0 fully saturated rings. The minimum absolute atomic E-state index is 0.137. The molecule has 0 saturated heterocycles. The Morgan fingerprint density at radius 1 is 1.35 bits per heavy atom. The van der Waals surface area contributed by atoms with Crippen molar-refractivity contribution < 1.29 is 4.79 Å². The van der Waals surface area contributed by atoms with Crippen LogP contribution in [0.25, 0.3) is 0 Å². The van der Waals surface area contributed by atoms with E-state index >= 15 is 0 Å². The van der Waals surface area contributed by atoms with Crippen molar-refractivity contribution in [1.29, 1.82) is 0 Å². The molecule has 0 aliphatic carbocycles. The number of hydrogen-bond acceptors (Lipinski definition) is 2. The summed E-state index contributed by atoms with van der Waals surface area (Å²) in [5.41, 5.74) is 8.90. The number of halogens is 2. The molecule has 3 nitrogen and oxygen atoms in total. The zero-order valence-corrected chi connectivity index (χ0v) is 13.3. The van der Waals surface area contributed by atoms with Crippen LogP contribution in [-0.4, -0.2) is 5.91 Å². The van der Waals surface area contributed by atoms with Crippen molar-refractivity contribution in [2.75, 3.05) is 11.1 Å². The van der Waals surface area contributed by atoms with Crippen LogP contribution in [0.4, 0.5) is 11.4 Å². The van der Waals surface area contributed by atoms with E-state index in [9.17, 15) is 4.79 Å². The molecule has 5 heteroatoms. The summed E-state index contributed by atoms with van der Waals surface area (Å²) in [6.45, 7) is 1.91. The van der Waals surface area contributed by atoms with Gasteiger partial charge in [0, 0.05) is 15.2 Å². The Bertz CT molecular complexity index is 658. The number of rotatable bonds is 3. The molecule has 0 aliphatic rings. The Labute approximate surface area is 131 Å². The average Bonchev–Trinajstić information content (AvgIpc) is 2.39. The fourth-order valence-electron chi connectivity index (χ4n) is 1.79. The second-order valence-corrected chi connectivity index (χ2v) is 5.77. The molecule has 2 rings (SSSR count). The van der Waals surface area contributed by atoms with Crippen LogP contribution >= 0.6 is 27.5 Å². The molecule has 0 saturated carbocycles. The van der Waals surface area contributed by atoms with E-state index in [0.717, 1.165) is 15.6 Å². The highest BCUT2D eigenvalue weighted by Gasteiger charge is 2.10. The van der Waals surface area contributed by atoms with Crippen LogP contribution in [0.1, 0.15) is 11.1 Å². The zero-order valence-electron chi connectivity index (χ0n) is 10.9. The number of nitrogen functional groups attached to an aromatic ring is 1. The number of aryl methyl sites for hydroxylation is 1. The molecule has 0 heterocycles. The Hall–Kier alpha value is -1.52. The molecule has 0 radical (unpaired) electrons. The molecule has 0 aromatic heterocycles. The summed E-state index contributed by atoms with van der Waals surface area (Å²) < 4.78 is 0.803. The maximum absolute atomic E-state index is 12.1. The molecule has 0 unspecified atom stereocenters. The first-order chi connectivity index (χ1) is 9.47. The molecule has 0 atom stereocenters. The topological polar surface area (TPSA) is 55.1 Å². The van der Waals surface area contributed by atoms with Crippen LogP contribution in [0.2, 0.25) is 5.02 Å². The van der Waals surface area contributed by atoms with Gasteiger partial charge in [-0.05, 0) is 52.2 Å². The predicted molar refractivity (Wildman–Crippen MR) is 87.1 cm³/mol. The summed E-state index contributed by atoms with van der Waals surface area (Å²) in [7, 11) is 0. The van der Waals surface area contributed by atoms with Crippen LogP contribution in [0.5, 0.6) is 0 Å². The summed E-state index contributed by atoms with van der Waals surface area (Å²) in [5.74, 6) is -0.137. The molecule has 20 heavy (non-hydrogen) atoms. The van der Waals surface area contributed by atoms with Crippen LogP contribution in [0.3, 0.4) is 0 Å². The molecule has 0 spiro atoms. The summed E-state index contributed by atoms with van der Waals surface area (Å²) in [5, 5.41) is 3.42. The standard InChI is InChI=1S/C15H14BrClN2O/c1-9-6-11(16)14(8-13(9)18)19-15(20)7-10-4-2-3-5-12(10)17/h2-6,8H,7,18H2,1H3,(H,19,20). The van der Waals surface area contributed by atoms with Crippen molar-refractivity contribution in [1.82, 2.24) is 0 Å². The van der Waals surface area contributed by atoms with Gasteiger partial charge in [0.25, 0.3) is 0 Å². The van der Waals surface area contributed by atoms with Crippen LogP contribution in [-0.2, 0) is 11.2 Å². The monoisotopic (exact) mass is 352 g/mol. The molecule has 0 aliphatic heterocycles. The SMILES string of the molecule is Cc1cc(Br)c(NC(=O)Cc2ccccc2Cl)cc1N. The van der Waals surface area contributed by atoms with Crippen LogP contribution in [0, 0.1) is 6.92 Å². The zero-order chi connectivity index (χ0) is 14.7. The van der Waals surface area contributed by atoms with Gasteiger partial charge in [-0.1, -0.05) is 29.8 Å². The van der Waals surface area contributed by atoms with E-state index in [1.807, 2.05) is 31.2 Å². The lowest BCUT2D eigenvalue weighted by Gasteiger charge is -2.10. The summed E-state index contributed by atoms with van der Waals surface area (Å²) in [4.78, 5) is 12.1. The van der Waals surface area contributed by atoms with Gasteiger partial charge in [0.2, 0.25) is 5.91 Å². The minimum Gasteiger partial charge on any atom is -0.398 e. The number of hydrogen-bond donors (Lipinski definition) is 2. The van der Waals surface area contributed by atoms with E-state index in [4.69, 9.17) is 17.3 Å². The predicted octanol–water partition coefficient (Wildman–Crippen LogP) is 4.17. The van der Waals surface area contributed by atoms with Crippen molar-refractivity contribution in [3.05, 3.63) is 57.0 Å². The third-order valence-corrected chi connectivity index (χ3v) is 3.96. The molecule has 2 aromatic carbocycles. The first-order valence-electron chi connectivity index (χ1n) is 6.06. The Kier molecular flexibility index (Phi) is 4.68. The number of carbonyl (C=O) groups is 1. The molecular formula is C15H14BrClN2O. The van der Waals surface area contributed by atoms with Gasteiger partial charge in [0.15, 0.2) is 0 Å². The van der Waals surface area contributed by atoms with E-state index in [0.29, 0.717) is 16.4 Å². The Morgan fingerprint density at radius 2 is 2.05 bits per heavy atom. The fraction of sp³-hybridized carbons (Fsp3) is 0.133. The van der Waals surface area contributed by atoms with Crippen LogP contribution in [0.15, 0.2) is 40.9 Å². The first-order valence-corrected chi connectivity index (χ1v) is 7.23. The molecule has 2 aromatic rings. The third kappa shape index (κ3) is 3.52. The van der Waals surface area contributed by atoms with E-state index in [1.165, 1.54) is 0 Å². The summed E-state index contributed by atoms with van der Waals surface area (Å²) in [6.07, 6.45) is 0.222. The quantitative estimate of drug-likeness (QED) is 0.814. The van der Waals surface area contributed by atoms with Crippen LogP contribution < -0.4 is 11.1 Å². The molecule has 104 valence electrons. The molecular weight excluding hydrogens is 340 g/mol. The van der Waals surface area contributed by atoms with Gasteiger partial charge in [0.1, 0.15) is 0 Å². The Balaban J connectivity index is 2.13. The number of nitrogens with two attached hydrogens (primary N) is 1. The van der Waals surface area contributed by atoms with Crippen molar-refractivity contribution in [2.24, 2.45) is 0 Å². The fourth-order valence-corrected chi connectivity index (χ4v) is 2.55. The maximum Gasteiger partial charge on any atom is 0.228 e. The maximum atomic E-state index is 12.1. The van der Waals surface area contributed by atoms with Crippen molar-refractivity contribution in [2.45, 2.75) is 13.3 Å². The molecule has 3 N–H and O–H groups in total. The van der Waals surface area contributed by atoms with Crippen molar-refractivity contribution >= 4 is 44.8 Å². The van der Waals surface area contributed by atoms with E-state index in [1.54, 1.807) is 12.1 Å². The lowest BCUT2D eigenvalue weighted by Crippen LogP contribution is -2.15. The van der Waals surface area contributed by atoms with Gasteiger partial charge in [-0.15, -0.1) is 0 Å². The number of benzene rings is 2. The highest BCUT2D eigenvalue weighted by Crippen LogP contribution is 2.28. The summed E-state index contributed by atoms with van der Waals surface area (Å²) in [6, 6.07) is 10.9. The van der Waals surface area contributed by atoms with Gasteiger partial charge in [-0.3, -0.25) is 4.79 Å².